The van der Waals surface area contributed by atoms with Crippen LogP contribution >= 0.6 is 0 Å². The highest BCUT2D eigenvalue weighted by atomic mass is 14.8. The van der Waals surface area contributed by atoms with Gasteiger partial charge in [-0.15, -0.1) is 0 Å². The van der Waals surface area contributed by atoms with E-state index in [4.69, 9.17) is 0 Å². The maximum atomic E-state index is 3.50. The summed E-state index contributed by atoms with van der Waals surface area (Å²) >= 11 is 0. The van der Waals surface area contributed by atoms with Gasteiger partial charge in [0.05, 0.1) is 0 Å². The minimum absolute atomic E-state index is 0.521. The maximum Gasteiger partial charge on any atom is -0.00206 e. The summed E-state index contributed by atoms with van der Waals surface area (Å²) in [5.74, 6) is 1.89. The Bertz CT molecular complexity index is 169. The predicted molar refractivity (Wildman–Crippen MR) is 68.1 cm³/mol. The number of hydrogen-bond acceptors (Lipinski definition) is 1. The fourth-order valence-corrected chi connectivity index (χ4v) is 2.80. The molecule has 1 saturated carbocycles. The molecule has 2 unspecified atom stereocenters. The molecule has 1 aliphatic rings. The molecule has 0 aromatic heterocycles. The van der Waals surface area contributed by atoms with E-state index in [1.165, 1.54) is 38.6 Å². The largest absolute Gasteiger partial charge is 0.317 e. The molecule has 0 aromatic carbocycles. The van der Waals surface area contributed by atoms with E-state index in [9.17, 15) is 0 Å². The van der Waals surface area contributed by atoms with Gasteiger partial charge in [0.1, 0.15) is 0 Å². The number of rotatable bonds is 3. The zero-order valence-corrected chi connectivity index (χ0v) is 11.1. The van der Waals surface area contributed by atoms with E-state index in [1.54, 1.807) is 0 Å². The normalized spacial score (nSPS) is 28.8. The van der Waals surface area contributed by atoms with Crippen LogP contribution in [0, 0.1) is 17.3 Å². The van der Waals surface area contributed by atoms with Gasteiger partial charge in [-0.2, -0.15) is 0 Å². The van der Waals surface area contributed by atoms with Gasteiger partial charge in [-0.3, -0.25) is 0 Å². The summed E-state index contributed by atoms with van der Waals surface area (Å²) in [6.45, 7) is 11.8. The third-order valence-electron chi connectivity index (χ3n) is 4.00. The van der Waals surface area contributed by atoms with E-state index >= 15 is 0 Å². The van der Waals surface area contributed by atoms with Gasteiger partial charge in [0.2, 0.25) is 0 Å². The second-order valence-electron chi connectivity index (χ2n) is 6.24. The molecule has 1 rings (SSSR count). The summed E-state index contributed by atoms with van der Waals surface area (Å²) in [5, 5.41) is 3.50. The highest BCUT2D eigenvalue weighted by molar-refractivity contribution is 4.79. The Morgan fingerprint density at radius 2 is 1.80 bits per heavy atom. The molecule has 0 aromatic rings. The van der Waals surface area contributed by atoms with Gasteiger partial charge in [0.25, 0.3) is 0 Å². The standard InChI is InChI=1S/C14H29N/c1-5-15-11-12-7-6-8-13(10-9-12)14(2,3)4/h12-13,15H,5-11H2,1-4H3. The van der Waals surface area contributed by atoms with Crippen molar-refractivity contribution >= 4 is 0 Å². The average Bonchev–Trinajstić information content (AvgIpc) is 2.38. The summed E-state index contributed by atoms with van der Waals surface area (Å²) in [4.78, 5) is 0. The summed E-state index contributed by atoms with van der Waals surface area (Å²) in [5.41, 5.74) is 0.521. The molecule has 0 bridgehead atoms. The van der Waals surface area contributed by atoms with E-state index in [1.807, 2.05) is 0 Å². The average molecular weight is 211 g/mol. The molecule has 0 amide bonds. The molecule has 1 heteroatoms. The fourth-order valence-electron chi connectivity index (χ4n) is 2.80. The van der Waals surface area contributed by atoms with Crippen LogP contribution in [0.3, 0.4) is 0 Å². The zero-order valence-electron chi connectivity index (χ0n) is 11.1. The van der Waals surface area contributed by atoms with Crippen LogP contribution in [-0.2, 0) is 0 Å². The van der Waals surface area contributed by atoms with Crippen LogP contribution in [0.15, 0.2) is 0 Å². The van der Waals surface area contributed by atoms with Gasteiger partial charge in [0, 0.05) is 0 Å². The summed E-state index contributed by atoms with van der Waals surface area (Å²) < 4.78 is 0. The van der Waals surface area contributed by atoms with Crippen LogP contribution in [0.4, 0.5) is 0 Å². The Morgan fingerprint density at radius 3 is 2.40 bits per heavy atom. The minimum Gasteiger partial charge on any atom is -0.317 e. The molecule has 0 aliphatic heterocycles. The minimum atomic E-state index is 0.521. The maximum absolute atomic E-state index is 3.50. The molecular weight excluding hydrogens is 182 g/mol. The summed E-state index contributed by atoms with van der Waals surface area (Å²) in [6.07, 6.45) is 7.22. The van der Waals surface area contributed by atoms with Crippen molar-refractivity contribution in [3.8, 4) is 0 Å². The van der Waals surface area contributed by atoms with E-state index in [-0.39, 0.29) is 0 Å². The van der Waals surface area contributed by atoms with Gasteiger partial charge in [-0.25, -0.2) is 0 Å². The van der Waals surface area contributed by atoms with Crippen molar-refractivity contribution in [2.75, 3.05) is 13.1 Å². The van der Waals surface area contributed by atoms with E-state index in [0.29, 0.717) is 5.41 Å². The number of nitrogens with one attached hydrogen (secondary N) is 1. The smallest absolute Gasteiger partial charge is 0.00206 e. The zero-order chi connectivity index (χ0) is 11.3. The van der Waals surface area contributed by atoms with Crippen molar-refractivity contribution in [1.29, 1.82) is 0 Å². The molecule has 0 heterocycles. The van der Waals surface area contributed by atoms with Crippen molar-refractivity contribution in [2.24, 2.45) is 17.3 Å². The molecule has 0 radical (unpaired) electrons. The van der Waals surface area contributed by atoms with Crippen LogP contribution in [0.25, 0.3) is 0 Å². The highest BCUT2D eigenvalue weighted by Gasteiger charge is 2.27. The van der Waals surface area contributed by atoms with E-state index < -0.39 is 0 Å². The second kappa shape index (κ2) is 5.89. The summed E-state index contributed by atoms with van der Waals surface area (Å²) in [6, 6.07) is 0. The first kappa shape index (κ1) is 13.0. The molecular formula is C14H29N. The highest BCUT2D eigenvalue weighted by Crippen LogP contribution is 2.38. The Morgan fingerprint density at radius 1 is 1.07 bits per heavy atom. The third kappa shape index (κ3) is 4.55. The second-order valence-corrected chi connectivity index (χ2v) is 6.24. The van der Waals surface area contributed by atoms with E-state index in [0.717, 1.165) is 18.4 Å². The van der Waals surface area contributed by atoms with Crippen LogP contribution < -0.4 is 5.32 Å². The van der Waals surface area contributed by atoms with Gasteiger partial charge in [0.15, 0.2) is 0 Å². The Hall–Kier alpha value is -0.0400. The molecule has 1 N–H and O–H groups in total. The molecule has 15 heavy (non-hydrogen) atoms. The molecule has 90 valence electrons. The van der Waals surface area contributed by atoms with Crippen molar-refractivity contribution in [3.63, 3.8) is 0 Å². The third-order valence-corrected chi connectivity index (χ3v) is 4.00. The molecule has 0 spiro atoms. The molecule has 1 aliphatic carbocycles. The lowest BCUT2D eigenvalue weighted by atomic mass is 9.76. The lowest BCUT2D eigenvalue weighted by Gasteiger charge is -2.29. The number of hydrogen-bond donors (Lipinski definition) is 1. The molecule has 1 fully saturated rings. The van der Waals surface area contributed by atoms with Gasteiger partial charge in [-0.05, 0) is 56.0 Å². The first-order valence-corrected chi connectivity index (χ1v) is 6.74. The quantitative estimate of drug-likeness (QED) is 0.699. The van der Waals surface area contributed by atoms with Crippen molar-refractivity contribution in [1.82, 2.24) is 5.32 Å². The predicted octanol–water partition coefficient (Wildman–Crippen LogP) is 3.84. The molecule has 1 nitrogen and oxygen atoms in total. The molecule has 0 saturated heterocycles. The lowest BCUT2D eigenvalue weighted by molar-refractivity contribution is 0.212. The van der Waals surface area contributed by atoms with Crippen molar-refractivity contribution in [2.45, 2.75) is 59.8 Å². The first-order chi connectivity index (χ1) is 7.04. The first-order valence-electron chi connectivity index (χ1n) is 6.74. The molecule has 2 atom stereocenters. The van der Waals surface area contributed by atoms with Crippen LogP contribution in [-0.4, -0.2) is 13.1 Å². The Labute approximate surface area is 96.0 Å². The summed E-state index contributed by atoms with van der Waals surface area (Å²) in [7, 11) is 0. The lowest BCUT2D eigenvalue weighted by Crippen LogP contribution is -2.23. The van der Waals surface area contributed by atoms with Gasteiger partial charge >= 0.3 is 0 Å². The van der Waals surface area contributed by atoms with Crippen LogP contribution in [0.5, 0.6) is 0 Å². The van der Waals surface area contributed by atoms with Crippen molar-refractivity contribution in [3.05, 3.63) is 0 Å². The monoisotopic (exact) mass is 211 g/mol. The van der Waals surface area contributed by atoms with Gasteiger partial charge in [-0.1, -0.05) is 34.1 Å². The fraction of sp³-hybridized carbons (Fsp3) is 1.00. The Balaban J connectivity index is 2.35. The van der Waals surface area contributed by atoms with Gasteiger partial charge < -0.3 is 5.32 Å². The topological polar surface area (TPSA) is 12.0 Å². The SMILES string of the molecule is CCNCC1CCCC(C(C)(C)C)CC1. The van der Waals surface area contributed by atoms with E-state index in [2.05, 4.69) is 33.0 Å². The Kier molecular flexibility index (Phi) is 5.11. The van der Waals surface area contributed by atoms with Crippen LogP contribution in [0.1, 0.15) is 59.8 Å². The van der Waals surface area contributed by atoms with Crippen molar-refractivity contribution < 1.29 is 0 Å². The van der Waals surface area contributed by atoms with Crippen LogP contribution in [0.2, 0.25) is 0 Å².